The molecule has 0 spiro atoms. The number of benzene rings is 1. The molecule has 3 N–H and O–H groups in total. The molecule has 1 unspecified atom stereocenters. The van der Waals surface area contributed by atoms with E-state index in [0.29, 0.717) is 24.3 Å². The van der Waals surface area contributed by atoms with Gasteiger partial charge in [-0.1, -0.05) is 0 Å². The predicted molar refractivity (Wildman–Crippen MR) is 58.8 cm³/mol. The summed E-state index contributed by atoms with van der Waals surface area (Å²) in [6.07, 6.45) is -0.467. The molecule has 0 radical (unpaired) electrons. The number of hydrogen-bond donors (Lipinski definition) is 2. The summed E-state index contributed by atoms with van der Waals surface area (Å²) in [4.78, 5) is 0. The van der Waals surface area contributed by atoms with Gasteiger partial charge in [-0.05, 0) is 26.0 Å². The van der Waals surface area contributed by atoms with Gasteiger partial charge in [0, 0.05) is 23.1 Å². The van der Waals surface area contributed by atoms with Crippen molar-refractivity contribution in [2.45, 2.75) is 31.9 Å². The zero-order chi connectivity index (χ0) is 11.9. The van der Waals surface area contributed by atoms with Gasteiger partial charge in [0.1, 0.15) is 11.6 Å². The Kier molecular flexibility index (Phi) is 2.64. The van der Waals surface area contributed by atoms with E-state index in [9.17, 15) is 9.50 Å². The highest BCUT2D eigenvalue weighted by molar-refractivity contribution is 5.42. The second-order valence-corrected chi connectivity index (χ2v) is 4.77. The molecule has 1 heterocycles. The fraction of sp³-hybridized carbons (Fsp3) is 0.500. The summed E-state index contributed by atoms with van der Waals surface area (Å²) < 4.78 is 19.3. The number of hydrogen-bond acceptors (Lipinski definition) is 3. The van der Waals surface area contributed by atoms with Crippen LogP contribution in [0.15, 0.2) is 12.1 Å². The molecule has 1 aromatic carbocycles. The Hall–Kier alpha value is -1.13. The molecule has 0 fully saturated rings. The SMILES string of the molecule is CC(C)(N)C(O)c1ccc2c(c1F)CCO2. The molecule has 0 bridgehead atoms. The summed E-state index contributed by atoms with van der Waals surface area (Å²) >= 11 is 0. The van der Waals surface area contributed by atoms with E-state index in [4.69, 9.17) is 10.5 Å². The number of halogens is 1. The van der Waals surface area contributed by atoms with E-state index in [1.54, 1.807) is 26.0 Å². The van der Waals surface area contributed by atoms with Gasteiger partial charge in [-0.15, -0.1) is 0 Å². The van der Waals surface area contributed by atoms with Gasteiger partial charge >= 0.3 is 0 Å². The maximum atomic E-state index is 14.1. The molecular formula is C12H16FNO2. The standard InChI is InChI=1S/C12H16FNO2/c1-12(2,14)11(15)8-3-4-9-7(10(8)13)5-6-16-9/h3-4,11,15H,5-6,14H2,1-2H3. The average Bonchev–Trinajstić information content (AvgIpc) is 2.64. The van der Waals surface area contributed by atoms with Crippen molar-refractivity contribution in [3.63, 3.8) is 0 Å². The number of ether oxygens (including phenoxy) is 1. The first-order valence-corrected chi connectivity index (χ1v) is 5.32. The van der Waals surface area contributed by atoms with Gasteiger partial charge < -0.3 is 15.6 Å². The Morgan fingerprint density at radius 3 is 2.81 bits per heavy atom. The highest BCUT2D eigenvalue weighted by Crippen LogP contribution is 2.34. The number of aliphatic hydroxyl groups is 1. The van der Waals surface area contributed by atoms with Crippen molar-refractivity contribution < 1.29 is 14.2 Å². The third-order valence-corrected chi connectivity index (χ3v) is 2.84. The first kappa shape index (κ1) is 11.4. The molecule has 0 amide bonds. The molecule has 1 aromatic rings. The molecule has 88 valence electrons. The highest BCUT2D eigenvalue weighted by atomic mass is 19.1. The first-order chi connectivity index (χ1) is 7.41. The lowest BCUT2D eigenvalue weighted by Gasteiger charge is -2.26. The van der Waals surface area contributed by atoms with Crippen LogP contribution in [0.3, 0.4) is 0 Å². The first-order valence-electron chi connectivity index (χ1n) is 5.32. The second kappa shape index (κ2) is 3.71. The van der Waals surface area contributed by atoms with Gasteiger partial charge in [-0.25, -0.2) is 4.39 Å². The lowest BCUT2D eigenvalue weighted by Crippen LogP contribution is -2.39. The van der Waals surface area contributed by atoms with Crippen molar-refractivity contribution in [1.29, 1.82) is 0 Å². The van der Waals surface area contributed by atoms with Crippen molar-refractivity contribution >= 4 is 0 Å². The molecule has 0 saturated carbocycles. The van der Waals surface area contributed by atoms with Crippen LogP contribution in [0.5, 0.6) is 5.75 Å². The normalized spacial score (nSPS) is 16.8. The number of aliphatic hydroxyl groups excluding tert-OH is 1. The van der Waals surface area contributed by atoms with Crippen molar-refractivity contribution in [3.05, 3.63) is 29.1 Å². The summed E-state index contributed by atoms with van der Waals surface area (Å²) in [5.74, 6) is 0.185. The topological polar surface area (TPSA) is 55.5 Å². The minimum Gasteiger partial charge on any atom is -0.493 e. The molecule has 1 aliphatic heterocycles. The van der Waals surface area contributed by atoms with E-state index in [-0.39, 0.29) is 11.4 Å². The number of rotatable bonds is 2. The van der Waals surface area contributed by atoms with E-state index >= 15 is 0 Å². The van der Waals surface area contributed by atoms with Crippen LogP contribution in [-0.2, 0) is 6.42 Å². The molecule has 0 saturated heterocycles. The van der Waals surface area contributed by atoms with E-state index in [2.05, 4.69) is 0 Å². The fourth-order valence-corrected chi connectivity index (χ4v) is 1.86. The van der Waals surface area contributed by atoms with E-state index in [1.807, 2.05) is 0 Å². The van der Waals surface area contributed by atoms with Crippen molar-refractivity contribution in [1.82, 2.24) is 0 Å². The minimum atomic E-state index is -1.02. The monoisotopic (exact) mass is 225 g/mol. The summed E-state index contributed by atoms with van der Waals surface area (Å²) in [5, 5.41) is 9.96. The quantitative estimate of drug-likeness (QED) is 0.802. The average molecular weight is 225 g/mol. The second-order valence-electron chi connectivity index (χ2n) is 4.77. The van der Waals surface area contributed by atoms with Crippen LogP contribution < -0.4 is 10.5 Å². The largest absolute Gasteiger partial charge is 0.493 e. The Bertz CT molecular complexity index is 412. The Morgan fingerprint density at radius 1 is 1.50 bits per heavy atom. The van der Waals surface area contributed by atoms with Crippen LogP contribution in [0.1, 0.15) is 31.1 Å². The molecule has 4 heteroatoms. The van der Waals surface area contributed by atoms with Crippen LogP contribution in [0.25, 0.3) is 0 Å². The maximum absolute atomic E-state index is 14.1. The summed E-state index contributed by atoms with van der Waals surface area (Å²) in [6, 6.07) is 3.23. The third kappa shape index (κ3) is 1.79. The Balaban J connectivity index is 2.44. The van der Waals surface area contributed by atoms with Crippen molar-refractivity contribution in [2.75, 3.05) is 6.61 Å². The molecule has 3 nitrogen and oxygen atoms in total. The van der Waals surface area contributed by atoms with Crippen LogP contribution >= 0.6 is 0 Å². The zero-order valence-electron chi connectivity index (χ0n) is 9.46. The van der Waals surface area contributed by atoms with Crippen LogP contribution in [0.2, 0.25) is 0 Å². The molecule has 0 aliphatic carbocycles. The van der Waals surface area contributed by atoms with Crippen LogP contribution in [-0.4, -0.2) is 17.3 Å². The fourth-order valence-electron chi connectivity index (χ4n) is 1.86. The summed E-state index contributed by atoms with van der Waals surface area (Å²) in [6.45, 7) is 3.83. The number of fused-ring (bicyclic) bond motifs is 1. The van der Waals surface area contributed by atoms with Crippen molar-refractivity contribution in [3.8, 4) is 5.75 Å². The lowest BCUT2D eigenvalue weighted by atomic mass is 9.90. The van der Waals surface area contributed by atoms with E-state index in [0.717, 1.165) is 0 Å². The molecular weight excluding hydrogens is 209 g/mol. The molecule has 0 aromatic heterocycles. The zero-order valence-corrected chi connectivity index (χ0v) is 9.46. The van der Waals surface area contributed by atoms with E-state index in [1.165, 1.54) is 0 Å². The van der Waals surface area contributed by atoms with Gasteiger partial charge in [0.25, 0.3) is 0 Å². The maximum Gasteiger partial charge on any atom is 0.136 e. The van der Waals surface area contributed by atoms with Crippen molar-refractivity contribution in [2.24, 2.45) is 5.73 Å². The lowest BCUT2D eigenvalue weighted by molar-refractivity contribution is 0.101. The smallest absolute Gasteiger partial charge is 0.136 e. The summed E-state index contributed by atoms with van der Waals surface area (Å²) in [7, 11) is 0. The van der Waals surface area contributed by atoms with Gasteiger partial charge in [0.15, 0.2) is 0 Å². The molecule has 16 heavy (non-hydrogen) atoms. The Labute approximate surface area is 94.0 Å². The molecule has 1 atom stereocenters. The molecule has 2 rings (SSSR count). The Morgan fingerprint density at radius 2 is 2.19 bits per heavy atom. The van der Waals surface area contributed by atoms with Gasteiger partial charge in [0.2, 0.25) is 0 Å². The van der Waals surface area contributed by atoms with Crippen LogP contribution in [0.4, 0.5) is 4.39 Å². The minimum absolute atomic E-state index is 0.247. The van der Waals surface area contributed by atoms with Crippen LogP contribution in [0, 0.1) is 5.82 Å². The number of nitrogens with two attached hydrogens (primary N) is 1. The third-order valence-electron chi connectivity index (χ3n) is 2.84. The summed E-state index contributed by atoms with van der Waals surface area (Å²) in [5.41, 5.74) is 5.70. The predicted octanol–water partition coefficient (Wildman–Crippen LogP) is 1.53. The van der Waals surface area contributed by atoms with Gasteiger partial charge in [-0.2, -0.15) is 0 Å². The van der Waals surface area contributed by atoms with Gasteiger partial charge in [-0.3, -0.25) is 0 Å². The van der Waals surface area contributed by atoms with E-state index < -0.39 is 11.6 Å². The van der Waals surface area contributed by atoms with Gasteiger partial charge in [0.05, 0.1) is 12.7 Å². The molecule has 1 aliphatic rings. The highest BCUT2D eigenvalue weighted by Gasteiger charge is 2.29.